The maximum absolute atomic E-state index is 11.0. The van der Waals surface area contributed by atoms with E-state index in [4.69, 9.17) is 5.11 Å². The molecule has 2 rings (SSSR count). The standard InChI is InChI=1S/C18H27NO2/c1-2-15-7-6-10-17(12-11-15)19(14-13-18(20)21)16-8-4-3-5-9-16/h3-5,8-9,15,17H,2,6-7,10-14H2,1H3,(H,20,21). The lowest BCUT2D eigenvalue weighted by atomic mass is 9.97. The number of aliphatic carboxylic acids is 1. The van der Waals surface area contributed by atoms with Gasteiger partial charge in [0.05, 0.1) is 6.42 Å². The number of para-hydroxylation sites is 1. The molecule has 1 aliphatic rings. The van der Waals surface area contributed by atoms with Crippen LogP contribution in [0.3, 0.4) is 0 Å². The van der Waals surface area contributed by atoms with Crippen molar-refractivity contribution in [2.24, 2.45) is 5.92 Å². The van der Waals surface area contributed by atoms with Crippen LogP contribution in [0.5, 0.6) is 0 Å². The summed E-state index contributed by atoms with van der Waals surface area (Å²) >= 11 is 0. The first-order valence-corrected chi connectivity index (χ1v) is 8.24. The van der Waals surface area contributed by atoms with E-state index in [0.717, 1.165) is 5.92 Å². The van der Waals surface area contributed by atoms with Gasteiger partial charge in [-0.1, -0.05) is 44.4 Å². The fourth-order valence-corrected chi connectivity index (χ4v) is 3.44. The topological polar surface area (TPSA) is 40.5 Å². The third-order valence-electron chi connectivity index (χ3n) is 4.73. The Labute approximate surface area is 128 Å². The summed E-state index contributed by atoms with van der Waals surface area (Å²) in [5, 5.41) is 9.02. The first-order chi connectivity index (χ1) is 10.2. The zero-order chi connectivity index (χ0) is 15.1. The summed E-state index contributed by atoms with van der Waals surface area (Å²) in [5.41, 5.74) is 1.17. The Bertz CT molecular complexity index is 432. The van der Waals surface area contributed by atoms with Gasteiger partial charge in [-0.15, -0.1) is 0 Å². The number of benzene rings is 1. The second-order valence-electron chi connectivity index (χ2n) is 6.11. The maximum atomic E-state index is 11.0. The highest BCUT2D eigenvalue weighted by molar-refractivity contribution is 5.67. The highest BCUT2D eigenvalue weighted by atomic mass is 16.4. The van der Waals surface area contributed by atoms with Gasteiger partial charge in [0.2, 0.25) is 0 Å². The average molecular weight is 289 g/mol. The number of anilines is 1. The number of hydrogen-bond donors (Lipinski definition) is 1. The lowest BCUT2D eigenvalue weighted by Gasteiger charge is -2.33. The number of hydrogen-bond acceptors (Lipinski definition) is 2. The maximum Gasteiger partial charge on any atom is 0.305 e. The number of nitrogens with zero attached hydrogens (tertiary/aromatic N) is 1. The van der Waals surface area contributed by atoms with E-state index in [1.54, 1.807) is 0 Å². The van der Waals surface area contributed by atoms with Crippen LogP contribution in [0, 0.1) is 5.92 Å². The van der Waals surface area contributed by atoms with E-state index < -0.39 is 5.97 Å². The molecule has 1 aliphatic carbocycles. The number of carboxylic acid groups (broad SMARTS) is 1. The van der Waals surface area contributed by atoms with Crippen molar-refractivity contribution in [1.82, 2.24) is 0 Å². The Morgan fingerprint density at radius 1 is 1.19 bits per heavy atom. The van der Waals surface area contributed by atoms with Crippen LogP contribution in [-0.2, 0) is 4.79 Å². The highest BCUT2D eigenvalue weighted by Gasteiger charge is 2.23. The second-order valence-corrected chi connectivity index (χ2v) is 6.11. The van der Waals surface area contributed by atoms with Gasteiger partial charge >= 0.3 is 5.97 Å². The molecule has 116 valence electrons. The molecule has 0 aliphatic heterocycles. The van der Waals surface area contributed by atoms with Crippen LogP contribution in [0.1, 0.15) is 51.9 Å². The van der Waals surface area contributed by atoms with Gasteiger partial charge < -0.3 is 10.0 Å². The molecule has 3 nitrogen and oxygen atoms in total. The van der Waals surface area contributed by atoms with Crippen molar-refractivity contribution in [2.45, 2.75) is 57.9 Å². The van der Waals surface area contributed by atoms with Crippen molar-refractivity contribution in [3.63, 3.8) is 0 Å². The van der Waals surface area contributed by atoms with Crippen molar-refractivity contribution in [3.8, 4) is 0 Å². The monoisotopic (exact) mass is 289 g/mol. The predicted molar refractivity (Wildman–Crippen MR) is 86.7 cm³/mol. The number of carboxylic acids is 1. The summed E-state index contributed by atoms with van der Waals surface area (Å²) in [6, 6.07) is 10.8. The number of carbonyl (C=O) groups is 1. The first-order valence-electron chi connectivity index (χ1n) is 8.24. The molecule has 1 N–H and O–H groups in total. The van der Waals surface area contributed by atoms with E-state index in [1.807, 2.05) is 18.2 Å². The van der Waals surface area contributed by atoms with E-state index >= 15 is 0 Å². The number of rotatable bonds is 6. The van der Waals surface area contributed by atoms with Crippen LogP contribution in [0.2, 0.25) is 0 Å². The van der Waals surface area contributed by atoms with Crippen LogP contribution < -0.4 is 4.90 Å². The molecule has 21 heavy (non-hydrogen) atoms. The minimum Gasteiger partial charge on any atom is -0.481 e. The smallest absolute Gasteiger partial charge is 0.305 e. The van der Waals surface area contributed by atoms with Crippen LogP contribution in [0.15, 0.2) is 30.3 Å². The van der Waals surface area contributed by atoms with Crippen molar-refractivity contribution in [2.75, 3.05) is 11.4 Å². The van der Waals surface area contributed by atoms with Gasteiger partial charge in [0.25, 0.3) is 0 Å². The molecule has 0 heterocycles. The predicted octanol–water partition coefficient (Wildman–Crippen LogP) is 4.33. The fraction of sp³-hybridized carbons (Fsp3) is 0.611. The largest absolute Gasteiger partial charge is 0.481 e. The molecule has 3 heteroatoms. The third kappa shape index (κ3) is 4.76. The Morgan fingerprint density at radius 3 is 2.62 bits per heavy atom. The molecule has 0 saturated heterocycles. The molecule has 0 radical (unpaired) electrons. The zero-order valence-electron chi connectivity index (χ0n) is 13.0. The van der Waals surface area contributed by atoms with Crippen LogP contribution in [0.4, 0.5) is 5.69 Å². The average Bonchev–Trinajstić information content (AvgIpc) is 2.74. The van der Waals surface area contributed by atoms with E-state index in [2.05, 4.69) is 24.0 Å². The van der Waals surface area contributed by atoms with Gasteiger partial charge in [0.15, 0.2) is 0 Å². The highest BCUT2D eigenvalue weighted by Crippen LogP contribution is 2.30. The molecule has 2 atom stereocenters. The van der Waals surface area contributed by atoms with E-state index in [1.165, 1.54) is 44.2 Å². The fourth-order valence-electron chi connectivity index (χ4n) is 3.44. The molecular formula is C18H27NO2. The van der Waals surface area contributed by atoms with Crippen LogP contribution in [0.25, 0.3) is 0 Å². The van der Waals surface area contributed by atoms with Gasteiger partial charge in [0, 0.05) is 18.3 Å². The molecule has 0 amide bonds. The molecule has 1 aromatic rings. The lowest BCUT2D eigenvalue weighted by molar-refractivity contribution is -0.136. The Morgan fingerprint density at radius 2 is 1.95 bits per heavy atom. The Balaban J connectivity index is 2.09. The minimum atomic E-state index is -0.712. The van der Waals surface area contributed by atoms with Gasteiger partial charge in [-0.25, -0.2) is 0 Å². The summed E-state index contributed by atoms with van der Waals surface area (Å²) < 4.78 is 0. The van der Waals surface area contributed by atoms with Crippen molar-refractivity contribution >= 4 is 11.7 Å². The Kier molecular flexibility index (Phi) is 6.09. The second kappa shape index (κ2) is 8.06. The van der Waals surface area contributed by atoms with Crippen molar-refractivity contribution in [1.29, 1.82) is 0 Å². The molecule has 0 spiro atoms. The summed E-state index contributed by atoms with van der Waals surface area (Å²) in [4.78, 5) is 13.3. The van der Waals surface area contributed by atoms with Gasteiger partial charge in [-0.3, -0.25) is 4.79 Å². The van der Waals surface area contributed by atoms with Crippen LogP contribution >= 0.6 is 0 Å². The van der Waals surface area contributed by atoms with Crippen LogP contribution in [-0.4, -0.2) is 23.7 Å². The van der Waals surface area contributed by atoms with E-state index in [0.29, 0.717) is 12.6 Å². The SMILES string of the molecule is CCC1CCCC(N(CCC(=O)O)c2ccccc2)CC1. The van der Waals surface area contributed by atoms with E-state index in [9.17, 15) is 4.79 Å². The molecule has 1 saturated carbocycles. The summed E-state index contributed by atoms with van der Waals surface area (Å²) in [6.07, 6.45) is 7.72. The van der Waals surface area contributed by atoms with Crippen molar-refractivity contribution < 1.29 is 9.90 Å². The normalized spacial score (nSPS) is 22.5. The first kappa shape index (κ1) is 15.9. The molecular weight excluding hydrogens is 262 g/mol. The molecule has 1 fully saturated rings. The molecule has 2 unspecified atom stereocenters. The minimum absolute atomic E-state index is 0.211. The summed E-state index contributed by atoms with van der Waals surface area (Å²) in [6.45, 7) is 2.89. The summed E-state index contributed by atoms with van der Waals surface area (Å²) in [5.74, 6) is 0.142. The Hall–Kier alpha value is -1.51. The molecule has 0 bridgehead atoms. The zero-order valence-corrected chi connectivity index (χ0v) is 13.0. The van der Waals surface area contributed by atoms with E-state index in [-0.39, 0.29) is 6.42 Å². The van der Waals surface area contributed by atoms with Crippen molar-refractivity contribution in [3.05, 3.63) is 30.3 Å². The van der Waals surface area contributed by atoms with Gasteiger partial charge in [-0.2, -0.15) is 0 Å². The quantitative estimate of drug-likeness (QED) is 0.793. The van der Waals surface area contributed by atoms with Gasteiger partial charge in [0.1, 0.15) is 0 Å². The third-order valence-corrected chi connectivity index (χ3v) is 4.73. The summed E-state index contributed by atoms with van der Waals surface area (Å²) in [7, 11) is 0. The lowest BCUT2D eigenvalue weighted by Crippen LogP contribution is -2.36. The molecule has 1 aromatic carbocycles. The molecule has 0 aromatic heterocycles. The van der Waals surface area contributed by atoms with Gasteiger partial charge in [-0.05, 0) is 37.3 Å².